The van der Waals surface area contributed by atoms with Crippen LogP contribution >= 0.6 is 0 Å². The summed E-state index contributed by atoms with van der Waals surface area (Å²) < 4.78 is 0. The second-order valence-corrected chi connectivity index (χ2v) is 6.10. The standard InChI is InChI=1S/C17H23N3O2/c21-16(18-14-5-2-1-3-6-14)9-12-19-11-8-15(13-19)20-10-4-7-17(20)22/h1-3,5-6,15H,4,7-13H2,(H,18,21)/t15-/m0/s1. The zero-order valence-electron chi connectivity index (χ0n) is 12.8. The molecule has 2 heterocycles. The van der Waals surface area contributed by atoms with Crippen LogP contribution in [0.25, 0.3) is 0 Å². The van der Waals surface area contributed by atoms with Crippen molar-refractivity contribution >= 4 is 17.5 Å². The molecule has 0 saturated carbocycles. The number of carbonyl (C=O) groups is 2. The van der Waals surface area contributed by atoms with E-state index in [0.717, 1.165) is 44.7 Å². The maximum Gasteiger partial charge on any atom is 0.225 e. The van der Waals surface area contributed by atoms with Crippen molar-refractivity contribution < 1.29 is 9.59 Å². The zero-order chi connectivity index (χ0) is 15.4. The van der Waals surface area contributed by atoms with Gasteiger partial charge in [0.25, 0.3) is 0 Å². The van der Waals surface area contributed by atoms with Crippen LogP contribution in [-0.2, 0) is 9.59 Å². The fourth-order valence-electron chi connectivity index (χ4n) is 3.33. The highest BCUT2D eigenvalue weighted by molar-refractivity contribution is 5.90. The second-order valence-electron chi connectivity index (χ2n) is 6.10. The van der Waals surface area contributed by atoms with Crippen LogP contribution in [0.5, 0.6) is 0 Å². The SMILES string of the molecule is O=C(CCN1CC[C@H](N2CCCC2=O)C1)Nc1ccccc1. The molecule has 1 aromatic rings. The van der Waals surface area contributed by atoms with Gasteiger partial charge in [0.2, 0.25) is 11.8 Å². The third-order valence-corrected chi connectivity index (χ3v) is 4.51. The number of likely N-dealkylation sites (tertiary alicyclic amines) is 2. The monoisotopic (exact) mass is 301 g/mol. The van der Waals surface area contributed by atoms with E-state index in [1.165, 1.54) is 0 Å². The number of nitrogens with zero attached hydrogens (tertiary/aromatic N) is 2. The molecule has 0 aromatic heterocycles. The molecule has 5 nitrogen and oxygen atoms in total. The molecule has 1 N–H and O–H groups in total. The first-order chi connectivity index (χ1) is 10.7. The number of para-hydroxylation sites is 1. The Kier molecular flexibility index (Phi) is 4.73. The summed E-state index contributed by atoms with van der Waals surface area (Å²) in [5, 5.41) is 2.91. The highest BCUT2D eigenvalue weighted by Crippen LogP contribution is 2.21. The number of nitrogens with one attached hydrogen (secondary N) is 1. The lowest BCUT2D eigenvalue weighted by Crippen LogP contribution is -2.38. The Balaban J connectivity index is 1.41. The summed E-state index contributed by atoms with van der Waals surface area (Å²) >= 11 is 0. The first kappa shape index (κ1) is 15.0. The van der Waals surface area contributed by atoms with Crippen molar-refractivity contribution in [2.45, 2.75) is 31.7 Å². The summed E-state index contributed by atoms with van der Waals surface area (Å²) in [5.74, 6) is 0.348. The molecule has 0 bridgehead atoms. The number of anilines is 1. The summed E-state index contributed by atoms with van der Waals surface area (Å²) in [6, 6.07) is 9.89. The Morgan fingerprint density at radius 2 is 2.05 bits per heavy atom. The zero-order valence-corrected chi connectivity index (χ0v) is 12.8. The Morgan fingerprint density at radius 3 is 2.77 bits per heavy atom. The Bertz CT molecular complexity index is 532. The molecule has 3 rings (SSSR count). The Morgan fingerprint density at radius 1 is 1.23 bits per heavy atom. The molecular formula is C17H23N3O2. The van der Waals surface area contributed by atoms with Crippen LogP contribution < -0.4 is 5.32 Å². The summed E-state index contributed by atoms with van der Waals surface area (Å²) in [5.41, 5.74) is 0.842. The summed E-state index contributed by atoms with van der Waals surface area (Å²) in [7, 11) is 0. The van der Waals surface area contributed by atoms with Crippen molar-refractivity contribution in [2.24, 2.45) is 0 Å². The highest BCUT2D eigenvalue weighted by atomic mass is 16.2. The van der Waals surface area contributed by atoms with Gasteiger partial charge < -0.3 is 15.1 Å². The number of benzene rings is 1. The van der Waals surface area contributed by atoms with E-state index in [1.807, 2.05) is 35.2 Å². The van der Waals surface area contributed by atoms with E-state index < -0.39 is 0 Å². The highest BCUT2D eigenvalue weighted by Gasteiger charge is 2.32. The van der Waals surface area contributed by atoms with Crippen LogP contribution in [0.15, 0.2) is 30.3 Å². The molecule has 5 heteroatoms. The number of hydrogen-bond donors (Lipinski definition) is 1. The minimum absolute atomic E-state index is 0.0481. The molecule has 2 fully saturated rings. The van der Waals surface area contributed by atoms with Crippen molar-refractivity contribution in [1.29, 1.82) is 0 Å². The van der Waals surface area contributed by atoms with Gasteiger partial charge in [-0.25, -0.2) is 0 Å². The van der Waals surface area contributed by atoms with Crippen molar-refractivity contribution in [3.05, 3.63) is 30.3 Å². The average Bonchev–Trinajstić information content (AvgIpc) is 3.14. The number of amides is 2. The number of hydrogen-bond acceptors (Lipinski definition) is 3. The van der Waals surface area contributed by atoms with Gasteiger partial charge >= 0.3 is 0 Å². The van der Waals surface area contributed by atoms with E-state index in [2.05, 4.69) is 10.2 Å². The largest absolute Gasteiger partial charge is 0.338 e. The van der Waals surface area contributed by atoms with Crippen LogP contribution in [0.1, 0.15) is 25.7 Å². The minimum Gasteiger partial charge on any atom is -0.338 e. The second kappa shape index (κ2) is 6.92. The van der Waals surface area contributed by atoms with Gasteiger partial charge in [-0.3, -0.25) is 9.59 Å². The Labute approximate surface area is 131 Å². The van der Waals surface area contributed by atoms with E-state index in [4.69, 9.17) is 0 Å². The van der Waals surface area contributed by atoms with Crippen molar-refractivity contribution in [1.82, 2.24) is 9.80 Å². The van der Waals surface area contributed by atoms with Crippen LogP contribution in [0.3, 0.4) is 0 Å². The maximum absolute atomic E-state index is 12.0. The molecular weight excluding hydrogens is 278 g/mol. The predicted octanol–water partition coefficient (Wildman–Crippen LogP) is 1.71. The van der Waals surface area contributed by atoms with E-state index in [9.17, 15) is 9.59 Å². The fraction of sp³-hybridized carbons (Fsp3) is 0.529. The van der Waals surface area contributed by atoms with Crippen LogP contribution in [0, 0.1) is 0 Å². The molecule has 0 aliphatic carbocycles. The molecule has 0 radical (unpaired) electrons. The first-order valence-corrected chi connectivity index (χ1v) is 8.09. The van der Waals surface area contributed by atoms with Crippen molar-refractivity contribution in [3.8, 4) is 0 Å². The summed E-state index contributed by atoms with van der Waals surface area (Å²) in [6.07, 6.45) is 3.23. The molecule has 0 unspecified atom stereocenters. The summed E-state index contributed by atoms with van der Waals surface area (Å²) in [6.45, 7) is 3.56. The van der Waals surface area contributed by atoms with Gasteiger partial charge in [-0.1, -0.05) is 18.2 Å². The summed E-state index contributed by atoms with van der Waals surface area (Å²) in [4.78, 5) is 28.1. The minimum atomic E-state index is 0.0481. The molecule has 2 amide bonds. The normalized spacial score (nSPS) is 22.3. The van der Waals surface area contributed by atoms with E-state index in [-0.39, 0.29) is 5.91 Å². The molecule has 1 aromatic carbocycles. The number of carbonyl (C=O) groups excluding carboxylic acids is 2. The predicted molar refractivity (Wildman–Crippen MR) is 85.5 cm³/mol. The molecule has 1 atom stereocenters. The van der Waals surface area contributed by atoms with E-state index in [0.29, 0.717) is 24.8 Å². The first-order valence-electron chi connectivity index (χ1n) is 8.09. The van der Waals surface area contributed by atoms with Gasteiger partial charge in [-0.15, -0.1) is 0 Å². The fourth-order valence-corrected chi connectivity index (χ4v) is 3.33. The molecule has 2 saturated heterocycles. The lowest BCUT2D eigenvalue weighted by Gasteiger charge is -2.24. The van der Waals surface area contributed by atoms with Gasteiger partial charge in [-0.2, -0.15) is 0 Å². The van der Waals surface area contributed by atoms with Gasteiger partial charge in [0, 0.05) is 50.7 Å². The van der Waals surface area contributed by atoms with Crippen molar-refractivity contribution in [3.63, 3.8) is 0 Å². The lowest BCUT2D eigenvalue weighted by atomic mass is 10.2. The van der Waals surface area contributed by atoms with Crippen molar-refractivity contribution in [2.75, 3.05) is 31.5 Å². The Hall–Kier alpha value is -1.88. The van der Waals surface area contributed by atoms with E-state index in [1.54, 1.807) is 0 Å². The maximum atomic E-state index is 12.0. The molecule has 118 valence electrons. The third-order valence-electron chi connectivity index (χ3n) is 4.51. The van der Waals surface area contributed by atoms with Crippen LogP contribution in [0.4, 0.5) is 5.69 Å². The third kappa shape index (κ3) is 3.65. The molecule has 22 heavy (non-hydrogen) atoms. The average molecular weight is 301 g/mol. The smallest absolute Gasteiger partial charge is 0.225 e. The quantitative estimate of drug-likeness (QED) is 0.901. The molecule has 0 spiro atoms. The van der Waals surface area contributed by atoms with E-state index >= 15 is 0 Å². The van der Waals surface area contributed by atoms with Gasteiger partial charge in [0.15, 0.2) is 0 Å². The van der Waals surface area contributed by atoms with Crippen LogP contribution in [0.2, 0.25) is 0 Å². The molecule has 2 aliphatic heterocycles. The van der Waals surface area contributed by atoms with Gasteiger partial charge in [0.1, 0.15) is 0 Å². The number of rotatable bonds is 5. The molecule has 2 aliphatic rings. The van der Waals surface area contributed by atoms with Gasteiger partial charge in [0.05, 0.1) is 0 Å². The lowest BCUT2D eigenvalue weighted by molar-refractivity contribution is -0.129. The van der Waals surface area contributed by atoms with Crippen LogP contribution in [-0.4, -0.2) is 53.8 Å². The topological polar surface area (TPSA) is 52.7 Å². The van der Waals surface area contributed by atoms with Gasteiger partial charge in [-0.05, 0) is 25.0 Å².